The maximum Gasteiger partial charge on any atom is 0.249 e. The molecule has 0 amide bonds. The summed E-state index contributed by atoms with van der Waals surface area (Å²) >= 11 is 6.99. The van der Waals surface area contributed by atoms with Crippen molar-refractivity contribution < 1.29 is 4.57 Å². The molecular formula is C12H13Br2N2+. The quantitative estimate of drug-likeness (QED) is 0.731. The number of hydrogen-bond acceptors (Lipinski definition) is 0. The van der Waals surface area contributed by atoms with Crippen LogP contribution in [0.1, 0.15) is 19.9 Å². The molecule has 2 aromatic rings. The summed E-state index contributed by atoms with van der Waals surface area (Å²) in [6, 6.07) is 6.70. The topological polar surface area (TPSA) is 8.81 Å². The molecule has 1 heterocycles. The first kappa shape index (κ1) is 11.9. The minimum atomic E-state index is 0.483. The first-order valence-corrected chi connectivity index (χ1v) is 6.70. The largest absolute Gasteiger partial charge is 0.249 e. The minimum Gasteiger partial charge on any atom is -0.234 e. The van der Waals surface area contributed by atoms with Crippen LogP contribution in [0.4, 0.5) is 0 Å². The second kappa shape index (κ2) is 4.72. The van der Waals surface area contributed by atoms with Crippen molar-refractivity contribution in [2.45, 2.75) is 19.9 Å². The number of halogens is 2. The van der Waals surface area contributed by atoms with Gasteiger partial charge in [-0.2, -0.15) is 0 Å². The predicted octanol–water partition coefficient (Wildman–Crippen LogP) is 3.87. The van der Waals surface area contributed by atoms with Crippen molar-refractivity contribution in [3.8, 4) is 5.69 Å². The van der Waals surface area contributed by atoms with Crippen LogP contribution in [0.15, 0.2) is 45.9 Å². The highest BCUT2D eigenvalue weighted by Crippen LogP contribution is 2.22. The second-order valence-corrected chi connectivity index (χ2v) is 5.82. The van der Waals surface area contributed by atoms with E-state index in [1.165, 1.54) is 0 Å². The lowest BCUT2D eigenvalue weighted by molar-refractivity contribution is -0.715. The lowest BCUT2D eigenvalue weighted by atomic mass is 10.3. The number of hydrogen-bond donors (Lipinski definition) is 0. The van der Waals surface area contributed by atoms with E-state index in [-0.39, 0.29) is 0 Å². The Labute approximate surface area is 112 Å². The SMILES string of the molecule is CC(C)[n+]1ccn(-c2cc(Br)cc(Br)c2)c1. The van der Waals surface area contributed by atoms with Gasteiger partial charge in [0.2, 0.25) is 6.33 Å². The van der Waals surface area contributed by atoms with E-state index in [4.69, 9.17) is 0 Å². The molecule has 2 nitrogen and oxygen atoms in total. The molecule has 0 atom stereocenters. The van der Waals surface area contributed by atoms with E-state index >= 15 is 0 Å². The monoisotopic (exact) mass is 343 g/mol. The van der Waals surface area contributed by atoms with Gasteiger partial charge in [-0.1, -0.05) is 31.9 Å². The van der Waals surface area contributed by atoms with E-state index < -0.39 is 0 Å². The van der Waals surface area contributed by atoms with Crippen molar-refractivity contribution in [3.63, 3.8) is 0 Å². The molecule has 16 heavy (non-hydrogen) atoms. The summed E-state index contributed by atoms with van der Waals surface area (Å²) in [5.41, 5.74) is 1.14. The first-order valence-electron chi connectivity index (χ1n) is 5.11. The molecule has 0 bridgehead atoms. The van der Waals surface area contributed by atoms with Crippen LogP contribution >= 0.6 is 31.9 Å². The Hall–Kier alpha value is -0.610. The number of aromatic nitrogens is 2. The van der Waals surface area contributed by atoms with Gasteiger partial charge in [-0.05, 0) is 32.0 Å². The normalized spacial score (nSPS) is 11.1. The van der Waals surface area contributed by atoms with Crippen molar-refractivity contribution >= 4 is 31.9 Å². The Morgan fingerprint density at radius 2 is 1.75 bits per heavy atom. The van der Waals surface area contributed by atoms with Crippen LogP contribution in [-0.4, -0.2) is 4.57 Å². The van der Waals surface area contributed by atoms with Gasteiger partial charge in [0.25, 0.3) is 0 Å². The Morgan fingerprint density at radius 1 is 1.12 bits per heavy atom. The van der Waals surface area contributed by atoms with Crippen molar-refractivity contribution in [1.29, 1.82) is 0 Å². The highest BCUT2D eigenvalue weighted by Gasteiger charge is 2.09. The number of benzene rings is 1. The van der Waals surface area contributed by atoms with Crippen LogP contribution in [0, 0.1) is 0 Å². The van der Waals surface area contributed by atoms with Gasteiger partial charge in [-0.15, -0.1) is 0 Å². The Kier molecular flexibility index (Phi) is 3.50. The van der Waals surface area contributed by atoms with Crippen LogP contribution in [0.25, 0.3) is 5.69 Å². The second-order valence-electron chi connectivity index (χ2n) is 3.99. The zero-order valence-corrected chi connectivity index (χ0v) is 12.4. The molecule has 0 spiro atoms. The standard InChI is InChI=1S/C12H13Br2N2/c1-9(2)15-3-4-16(8-15)12-6-10(13)5-11(14)7-12/h3-9H,1-2H3/q+1. The van der Waals surface area contributed by atoms with E-state index in [1.807, 2.05) is 6.07 Å². The molecule has 2 rings (SSSR count). The van der Waals surface area contributed by atoms with Gasteiger partial charge in [-0.3, -0.25) is 0 Å². The van der Waals surface area contributed by atoms with E-state index in [1.54, 1.807) is 0 Å². The highest BCUT2D eigenvalue weighted by molar-refractivity contribution is 9.11. The fraction of sp³-hybridized carbons (Fsp3) is 0.250. The third kappa shape index (κ3) is 2.55. The average molecular weight is 345 g/mol. The molecule has 84 valence electrons. The summed E-state index contributed by atoms with van der Waals surface area (Å²) in [6.45, 7) is 4.34. The van der Waals surface area contributed by atoms with Crippen molar-refractivity contribution in [3.05, 3.63) is 45.9 Å². The van der Waals surface area contributed by atoms with Gasteiger partial charge in [0, 0.05) is 8.95 Å². The van der Waals surface area contributed by atoms with Gasteiger partial charge in [0.05, 0.1) is 6.04 Å². The van der Waals surface area contributed by atoms with Gasteiger partial charge in [0.1, 0.15) is 18.1 Å². The van der Waals surface area contributed by atoms with Gasteiger partial charge in [0.15, 0.2) is 0 Å². The Bertz CT molecular complexity index is 483. The molecule has 1 aromatic carbocycles. The summed E-state index contributed by atoms with van der Waals surface area (Å²) in [4.78, 5) is 0. The van der Waals surface area contributed by atoms with Gasteiger partial charge >= 0.3 is 0 Å². The molecule has 4 heteroatoms. The van der Waals surface area contributed by atoms with Crippen LogP contribution < -0.4 is 4.57 Å². The molecule has 0 N–H and O–H groups in total. The average Bonchev–Trinajstić information content (AvgIpc) is 2.64. The molecule has 1 aromatic heterocycles. The van der Waals surface area contributed by atoms with Crippen molar-refractivity contribution in [2.24, 2.45) is 0 Å². The molecule has 0 fully saturated rings. The molecular weight excluding hydrogens is 332 g/mol. The fourth-order valence-corrected chi connectivity index (χ4v) is 2.79. The van der Waals surface area contributed by atoms with Crippen molar-refractivity contribution in [1.82, 2.24) is 4.57 Å². The maximum absolute atomic E-state index is 3.50. The van der Waals surface area contributed by atoms with Gasteiger partial charge in [-0.25, -0.2) is 9.13 Å². The first-order chi connectivity index (χ1) is 7.56. The number of rotatable bonds is 2. The molecule has 0 aliphatic rings. The van der Waals surface area contributed by atoms with Crippen LogP contribution in [0.5, 0.6) is 0 Å². The third-order valence-corrected chi connectivity index (χ3v) is 3.31. The predicted molar refractivity (Wildman–Crippen MR) is 71.7 cm³/mol. The van der Waals surface area contributed by atoms with Crippen LogP contribution in [0.2, 0.25) is 0 Å². The molecule has 0 aliphatic heterocycles. The van der Waals surface area contributed by atoms with Crippen LogP contribution in [-0.2, 0) is 0 Å². The summed E-state index contributed by atoms with van der Waals surface area (Å²) < 4.78 is 6.42. The van der Waals surface area contributed by atoms with E-state index in [0.29, 0.717) is 6.04 Å². The zero-order chi connectivity index (χ0) is 11.7. The van der Waals surface area contributed by atoms with E-state index in [0.717, 1.165) is 14.6 Å². The molecule has 0 saturated heterocycles. The molecule has 0 unspecified atom stereocenters. The summed E-state index contributed by atoms with van der Waals surface area (Å²) in [7, 11) is 0. The summed E-state index contributed by atoms with van der Waals surface area (Å²) in [5, 5.41) is 0. The Morgan fingerprint density at radius 3 is 2.25 bits per heavy atom. The molecule has 0 radical (unpaired) electrons. The highest BCUT2D eigenvalue weighted by atomic mass is 79.9. The Balaban J connectivity index is 2.42. The summed E-state index contributed by atoms with van der Waals surface area (Å²) in [5.74, 6) is 0. The number of nitrogens with zero attached hydrogens (tertiary/aromatic N) is 2. The minimum absolute atomic E-state index is 0.483. The maximum atomic E-state index is 3.50. The number of imidazole rings is 1. The fourth-order valence-electron chi connectivity index (χ4n) is 1.52. The summed E-state index contributed by atoms with van der Waals surface area (Å²) in [6.07, 6.45) is 6.24. The smallest absolute Gasteiger partial charge is 0.234 e. The third-order valence-electron chi connectivity index (χ3n) is 2.40. The van der Waals surface area contributed by atoms with Gasteiger partial charge < -0.3 is 0 Å². The lowest BCUT2D eigenvalue weighted by Gasteiger charge is -2.00. The zero-order valence-electron chi connectivity index (χ0n) is 9.19. The lowest BCUT2D eigenvalue weighted by Crippen LogP contribution is -2.33. The van der Waals surface area contributed by atoms with E-state index in [2.05, 4.69) is 85.7 Å². The van der Waals surface area contributed by atoms with Crippen LogP contribution in [0.3, 0.4) is 0 Å². The molecule has 0 saturated carbocycles. The van der Waals surface area contributed by atoms with Crippen molar-refractivity contribution in [2.75, 3.05) is 0 Å². The molecule has 0 aliphatic carbocycles. The van der Waals surface area contributed by atoms with E-state index in [9.17, 15) is 0 Å².